The fourth-order valence-electron chi connectivity index (χ4n) is 3.60. The van der Waals surface area contributed by atoms with Gasteiger partial charge in [-0.05, 0) is 0 Å². The summed E-state index contributed by atoms with van der Waals surface area (Å²) in [6.45, 7) is 13.1. The molecule has 0 unspecified atom stereocenters. The minimum Gasteiger partial charge on any atom is -0.481 e. The summed E-state index contributed by atoms with van der Waals surface area (Å²) >= 11 is 0. The van der Waals surface area contributed by atoms with E-state index in [2.05, 4.69) is 4.90 Å². The molecule has 0 saturated heterocycles. The average molecular weight is 733 g/mol. The van der Waals surface area contributed by atoms with E-state index in [4.69, 9.17) is 72.8 Å². The molecule has 298 valence electrons. The number of carbonyl (C=O) groups is 2. The van der Waals surface area contributed by atoms with Crippen molar-refractivity contribution in [2.75, 3.05) is 185 Å². The predicted octanol–water partition coefficient (Wildman–Crippen LogP) is -0.604. The van der Waals surface area contributed by atoms with Crippen molar-refractivity contribution in [1.29, 1.82) is 0 Å². The van der Waals surface area contributed by atoms with E-state index in [1.807, 2.05) is 0 Å². The molecule has 0 aromatic rings. The highest BCUT2D eigenvalue weighted by Gasteiger charge is 2.06. The second-order valence-electron chi connectivity index (χ2n) is 10.3. The van der Waals surface area contributed by atoms with Crippen LogP contribution in [-0.2, 0) is 66.4 Å². The molecule has 0 radical (unpaired) electrons. The molecule has 0 aromatic heterocycles. The number of ether oxygens (including phenoxy) is 12. The topological polar surface area (TPSA) is 215 Å². The average Bonchev–Trinajstić information content (AvgIpc) is 3.09. The van der Waals surface area contributed by atoms with Gasteiger partial charge in [-0.25, -0.2) is 0 Å². The maximum Gasteiger partial charge on any atom is 0.305 e. The first-order valence-corrected chi connectivity index (χ1v) is 17.3. The molecule has 18 heteroatoms. The van der Waals surface area contributed by atoms with Gasteiger partial charge in [0.2, 0.25) is 0 Å². The molecule has 0 heterocycles. The summed E-state index contributed by atoms with van der Waals surface area (Å²) < 4.78 is 65.5. The van der Waals surface area contributed by atoms with E-state index in [-0.39, 0.29) is 26.1 Å². The van der Waals surface area contributed by atoms with Gasteiger partial charge in [-0.3, -0.25) is 14.5 Å². The maximum absolute atomic E-state index is 10.4. The Bertz CT molecular complexity index is 671. The highest BCUT2D eigenvalue weighted by atomic mass is 16.6. The molecule has 0 atom stereocenters. The highest BCUT2D eigenvalue weighted by Crippen LogP contribution is 1.93. The van der Waals surface area contributed by atoms with Crippen LogP contribution in [0, 0.1) is 0 Å². The summed E-state index contributed by atoms with van der Waals surface area (Å²) in [6.07, 6.45) is -0.0371. The first-order valence-electron chi connectivity index (χ1n) is 17.3. The fraction of sp³-hybridized carbons (Fsp3) is 0.938. The molecule has 0 spiro atoms. The van der Waals surface area contributed by atoms with E-state index in [1.54, 1.807) is 0 Å². The Morgan fingerprint density at radius 1 is 0.340 bits per heavy atom. The number of rotatable bonds is 44. The molecule has 0 aromatic carbocycles. The maximum atomic E-state index is 10.4. The summed E-state index contributed by atoms with van der Waals surface area (Å²) in [5.41, 5.74) is 5.36. The van der Waals surface area contributed by atoms with Crippen molar-refractivity contribution in [3.05, 3.63) is 0 Å². The van der Waals surface area contributed by atoms with Crippen LogP contribution in [0.3, 0.4) is 0 Å². The Morgan fingerprint density at radius 2 is 0.540 bits per heavy atom. The van der Waals surface area contributed by atoms with Gasteiger partial charge < -0.3 is 72.8 Å². The molecule has 18 nitrogen and oxygen atoms in total. The van der Waals surface area contributed by atoms with Gasteiger partial charge in [-0.15, -0.1) is 0 Å². The Kier molecular flexibility index (Phi) is 40.4. The summed E-state index contributed by atoms with van der Waals surface area (Å²) in [6, 6.07) is 0. The molecule has 0 saturated carbocycles. The van der Waals surface area contributed by atoms with Gasteiger partial charge in [0, 0.05) is 26.2 Å². The lowest BCUT2D eigenvalue weighted by atomic mass is 10.4. The van der Waals surface area contributed by atoms with Crippen molar-refractivity contribution in [1.82, 2.24) is 4.90 Å². The van der Waals surface area contributed by atoms with E-state index < -0.39 is 11.9 Å². The van der Waals surface area contributed by atoms with Crippen molar-refractivity contribution in [2.45, 2.75) is 12.8 Å². The van der Waals surface area contributed by atoms with Crippen LogP contribution < -0.4 is 5.73 Å². The molecule has 0 amide bonds. The van der Waals surface area contributed by atoms with Crippen LogP contribution >= 0.6 is 0 Å². The Balaban J connectivity index is 3.95. The molecular weight excluding hydrogens is 668 g/mol. The van der Waals surface area contributed by atoms with E-state index in [9.17, 15) is 9.59 Å². The fourth-order valence-corrected chi connectivity index (χ4v) is 3.60. The van der Waals surface area contributed by atoms with Crippen LogP contribution in [-0.4, -0.2) is 212 Å². The van der Waals surface area contributed by atoms with Gasteiger partial charge in [-0.2, -0.15) is 0 Å². The zero-order chi connectivity index (χ0) is 36.4. The molecule has 4 N–H and O–H groups in total. The lowest BCUT2D eigenvalue weighted by molar-refractivity contribution is -0.139. The first kappa shape index (κ1) is 48.4. The third-order valence-electron chi connectivity index (χ3n) is 6.19. The number of nitrogens with two attached hydrogens (primary N) is 1. The molecular formula is C32H64N2O16. The number of nitrogens with zero attached hydrogens (tertiary/aromatic N) is 1. The SMILES string of the molecule is NCCOCCOCCOCCOCCN(CCOCCOCCOCCOCCC(=O)O)CCOCCOCCOCCOCCC(=O)O. The van der Waals surface area contributed by atoms with Crippen LogP contribution in [0.2, 0.25) is 0 Å². The zero-order valence-corrected chi connectivity index (χ0v) is 29.8. The highest BCUT2D eigenvalue weighted by molar-refractivity contribution is 5.67. The van der Waals surface area contributed by atoms with Crippen molar-refractivity contribution < 1.29 is 76.6 Å². The van der Waals surface area contributed by atoms with Crippen LogP contribution in [0.4, 0.5) is 0 Å². The molecule has 0 aliphatic heterocycles. The first-order chi connectivity index (χ1) is 24.6. The number of hydrogen-bond acceptors (Lipinski definition) is 16. The van der Waals surface area contributed by atoms with Crippen molar-refractivity contribution >= 4 is 11.9 Å². The quantitative estimate of drug-likeness (QED) is 0.0667. The van der Waals surface area contributed by atoms with Gasteiger partial charge in [0.1, 0.15) is 0 Å². The van der Waals surface area contributed by atoms with Crippen LogP contribution in [0.15, 0.2) is 0 Å². The molecule has 0 fully saturated rings. The molecule has 50 heavy (non-hydrogen) atoms. The monoisotopic (exact) mass is 732 g/mol. The van der Waals surface area contributed by atoms with Crippen molar-refractivity contribution in [2.24, 2.45) is 5.73 Å². The normalized spacial score (nSPS) is 11.6. The predicted molar refractivity (Wildman–Crippen MR) is 180 cm³/mol. The van der Waals surface area contributed by atoms with Crippen LogP contribution in [0.1, 0.15) is 12.8 Å². The Morgan fingerprint density at radius 3 is 0.760 bits per heavy atom. The summed E-state index contributed by atoms with van der Waals surface area (Å²) in [4.78, 5) is 23.1. The van der Waals surface area contributed by atoms with E-state index in [1.165, 1.54) is 0 Å². The molecule has 0 bridgehead atoms. The van der Waals surface area contributed by atoms with E-state index in [0.717, 1.165) is 0 Å². The van der Waals surface area contributed by atoms with Crippen molar-refractivity contribution in [3.63, 3.8) is 0 Å². The summed E-state index contributed by atoms with van der Waals surface area (Å²) in [5.74, 6) is -1.77. The second kappa shape index (κ2) is 41.8. The van der Waals surface area contributed by atoms with Gasteiger partial charge in [0.05, 0.1) is 171 Å². The van der Waals surface area contributed by atoms with Gasteiger partial charge in [-0.1, -0.05) is 0 Å². The summed E-state index contributed by atoms with van der Waals surface area (Å²) in [5, 5.41) is 17.1. The number of carboxylic acid groups (broad SMARTS) is 2. The lowest BCUT2D eigenvalue weighted by Gasteiger charge is -2.22. The number of carboxylic acids is 2. The molecule has 0 aliphatic rings. The zero-order valence-electron chi connectivity index (χ0n) is 29.8. The lowest BCUT2D eigenvalue weighted by Crippen LogP contribution is -2.34. The second-order valence-corrected chi connectivity index (χ2v) is 10.3. The van der Waals surface area contributed by atoms with E-state index in [0.29, 0.717) is 172 Å². The third kappa shape index (κ3) is 42.5. The smallest absolute Gasteiger partial charge is 0.305 e. The summed E-state index contributed by atoms with van der Waals surface area (Å²) in [7, 11) is 0. The Hall–Kier alpha value is -1.62. The third-order valence-corrected chi connectivity index (χ3v) is 6.19. The van der Waals surface area contributed by atoms with Gasteiger partial charge >= 0.3 is 11.9 Å². The van der Waals surface area contributed by atoms with Gasteiger partial charge in [0.25, 0.3) is 0 Å². The molecule has 0 aliphatic carbocycles. The minimum absolute atomic E-state index is 0.0186. The number of aliphatic carboxylic acids is 2. The standard InChI is InChI=1S/C32H64N2O16/c33-3-9-41-15-21-47-27-30-50-24-18-44-12-6-34(4-10-42-16-22-48-28-25-45-19-13-39-7-1-31(35)36)5-11-43-17-23-49-29-26-46-20-14-40-8-2-32(37)38/h1-30,33H2,(H,35,36)(H,37,38). The largest absolute Gasteiger partial charge is 0.481 e. The minimum atomic E-state index is -0.886. The van der Waals surface area contributed by atoms with Crippen LogP contribution in [0.25, 0.3) is 0 Å². The van der Waals surface area contributed by atoms with Crippen LogP contribution in [0.5, 0.6) is 0 Å². The number of hydrogen-bond donors (Lipinski definition) is 3. The Labute approximate surface area is 296 Å². The van der Waals surface area contributed by atoms with E-state index >= 15 is 0 Å². The molecule has 0 rings (SSSR count). The van der Waals surface area contributed by atoms with Crippen molar-refractivity contribution in [3.8, 4) is 0 Å². The van der Waals surface area contributed by atoms with Gasteiger partial charge in [0.15, 0.2) is 0 Å².